The quantitative estimate of drug-likeness (QED) is 0.853. The van der Waals surface area contributed by atoms with Gasteiger partial charge in [-0.15, -0.1) is 0 Å². The lowest BCUT2D eigenvalue weighted by molar-refractivity contribution is -0.140. The molecule has 1 unspecified atom stereocenters. The third-order valence-electron chi connectivity index (χ3n) is 5.31. The molecule has 1 aliphatic heterocycles. The van der Waals surface area contributed by atoms with E-state index in [-0.39, 0.29) is 18.2 Å². The van der Waals surface area contributed by atoms with Gasteiger partial charge in [-0.3, -0.25) is 9.59 Å². The normalized spacial score (nSPS) is 21.9. The molecule has 6 heteroatoms. The van der Waals surface area contributed by atoms with Gasteiger partial charge in [0.25, 0.3) is 0 Å². The fraction of sp³-hybridized carbons (Fsp3) is 0.579. The van der Waals surface area contributed by atoms with Gasteiger partial charge in [0, 0.05) is 13.2 Å². The second-order valence-corrected chi connectivity index (χ2v) is 6.96. The maximum Gasteiger partial charge on any atom is 0.305 e. The molecule has 0 saturated carbocycles. The Kier molecular flexibility index (Phi) is 5.27. The number of benzene rings is 1. The minimum absolute atomic E-state index is 0.0697. The summed E-state index contributed by atoms with van der Waals surface area (Å²) >= 11 is 0. The number of carbonyl (C=O) groups excluding carboxylic acids is 1. The van der Waals surface area contributed by atoms with E-state index >= 15 is 0 Å². The highest BCUT2D eigenvalue weighted by Gasteiger charge is 2.39. The van der Waals surface area contributed by atoms with Gasteiger partial charge in [-0.2, -0.15) is 0 Å². The summed E-state index contributed by atoms with van der Waals surface area (Å²) < 4.78 is 10.7. The summed E-state index contributed by atoms with van der Waals surface area (Å²) in [5.41, 5.74) is 1.46. The highest BCUT2D eigenvalue weighted by atomic mass is 16.5. The number of hydrogen-bond acceptors (Lipinski definition) is 4. The lowest BCUT2D eigenvalue weighted by Gasteiger charge is -2.38. The van der Waals surface area contributed by atoms with Crippen molar-refractivity contribution in [2.24, 2.45) is 0 Å². The van der Waals surface area contributed by atoms with Crippen LogP contribution in [0.15, 0.2) is 18.2 Å². The van der Waals surface area contributed by atoms with Crippen LogP contribution in [0.2, 0.25) is 0 Å². The molecule has 0 aromatic heterocycles. The molecule has 1 aromatic carbocycles. The lowest BCUT2D eigenvalue weighted by atomic mass is 9.80. The first-order chi connectivity index (χ1) is 12.0. The zero-order valence-corrected chi connectivity index (χ0v) is 14.5. The van der Waals surface area contributed by atoms with Crippen molar-refractivity contribution < 1.29 is 24.2 Å². The Balaban J connectivity index is 1.82. The van der Waals surface area contributed by atoms with E-state index in [2.05, 4.69) is 5.32 Å². The average molecular weight is 347 g/mol. The molecule has 0 spiro atoms. The Hall–Kier alpha value is -2.08. The van der Waals surface area contributed by atoms with Crippen LogP contribution < -0.4 is 10.1 Å². The molecular formula is C19H25NO5. The van der Waals surface area contributed by atoms with E-state index in [0.29, 0.717) is 26.1 Å². The topological polar surface area (TPSA) is 84.9 Å². The number of ether oxygens (including phenoxy) is 2. The van der Waals surface area contributed by atoms with Crippen molar-refractivity contribution in [3.63, 3.8) is 0 Å². The van der Waals surface area contributed by atoms with E-state index < -0.39 is 11.5 Å². The number of fused-ring (bicyclic) bond motifs is 1. The van der Waals surface area contributed by atoms with Crippen LogP contribution in [0, 0.1) is 0 Å². The van der Waals surface area contributed by atoms with Crippen LogP contribution in [0.5, 0.6) is 5.75 Å². The number of carboxylic acid groups (broad SMARTS) is 1. The molecule has 1 atom stereocenters. The molecule has 1 aliphatic carbocycles. The van der Waals surface area contributed by atoms with Crippen LogP contribution in [-0.4, -0.2) is 42.8 Å². The fourth-order valence-electron chi connectivity index (χ4n) is 3.92. The first-order valence-corrected chi connectivity index (χ1v) is 8.81. The second kappa shape index (κ2) is 7.44. The highest BCUT2D eigenvalue weighted by molar-refractivity contribution is 5.86. The molecule has 1 aromatic rings. The maximum absolute atomic E-state index is 13.0. The van der Waals surface area contributed by atoms with Crippen LogP contribution in [-0.2, 0) is 20.7 Å². The van der Waals surface area contributed by atoms with Crippen LogP contribution in [0.25, 0.3) is 0 Å². The van der Waals surface area contributed by atoms with Crippen LogP contribution in [0.4, 0.5) is 0 Å². The molecule has 1 amide bonds. The van der Waals surface area contributed by atoms with Gasteiger partial charge in [0.2, 0.25) is 5.91 Å². The van der Waals surface area contributed by atoms with Crippen molar-refractivity contribution >= 4 is 11.9 Å². The van der Waals surface area contributed by atoms with Crippen molar-refractivity contribution in [3.8, 4) is 5.75 Å². The van der Waals surface area contributed by atoms with Gasteiger partial charge in [0.15, 0.2) is 0 Å². The predicted molar refractivity (Wildman–Crippen MR) is 91.9 cm³/mol. The molecule has 1 saturated heterocycles. The van der Waals surface area contributed by atoms with Crippen molar-refractivity contribution in [1.29, 1.82) is 0 Å². The SMILES string of the molecule is COc1ccc2c(c1)C(C(=O)NC1(CC(=O)O)CCOCC1)CCC2. The van der Waals surface area contributed by atoms with Crippen molar-refractivity contribution in [2.75, 3.05) is 20.3 Å². The second-order valence-electron chi connectivity index (χ2n) is 6.96. The largest absolute Gasteiger partial charge is 0.497 e. The van der Waals surface area contributed by atoms with E-state index in [1.54, 1.807) is 7.11 Å². The minimum Gasteiger partial charge on any atom is -0.497 e. The number of nitrogens with one attached hydrogen (secondary N) is 1. The Morgan fingerprint density at radius 3 is 2.80 bits per heavy atom. The number of amides is 1. The Labute approximate surface area is 147 Å². The third kappa shape index (κ3) is 3.95. The zero-order valence-electron chi connectivity index (χ0n) is 14.5. The lowest BCUT2D eigenvalue weighted by Crippen LogP contribution is -2.54. The van der Waals surface area contributed by atoms with Gasteiger partial charge >= 0.3 is 5.97 Å². The average Bonchev–Trinajstić information content (AvgIpc) is 2.60. The molecule has 0 radical (unpaired) electrons. The number of methoxy groups -OCH3 is 1. The van der Waals surface area contributed by atoms with Gasteiger partial charge < -0.3 is 19.9 Å². The van der Waals surface area contributed by atoms with E-state index in [1.807, 2.05) is 18.2 Å². The van der Waals surface area contributed by atoms with Crippen molar-refractivity contribution in [2.45, 2.75) is 50.0 Å². The molecule has 2 aliphatic rings. The smallest absolute Gasteiger partial charge is 0.305 e. The molecule has 0 bridgehead atoms. The Bertz CT molecular complexity index is 651. The van der Waals surface area contributed by atoms with Crippen LogP contribution in [0.1, 0.15) is 49.1 Å². The summed E-state index contributed by atoms with van der Waals surface area (Å²) in [6, 6.07) is 5.88. The predicted octanol–water partition coefficient (Wildman–Crippen LogP) is 2.26. The van der Waals surface area contributed by atoms with Gasteiger partial charge in [0.1, 0.15) is 5.75 Å². The summed E-state index contributed by atoms with van der Waals surface area (Å²) in [5.74, 6) is -0.498. The van der Waals surface area contributed by atoms with Gasteiger partial charge in [-0.1, -0.05) is 6.07 Å². The van der Waals surface area contributed by atoms with Gasteiger partial charge in [-0.25, -0.2) is 0 Å². The zero-order chi connectivity index (χ0) is 17.9. The summed E-state index contributed by atoms with van der Waals surface area (Å²) in [6.07, 6.45) is 3.67. The molecule has 25 heavy (non-hydrogen) atoms. The highest BCUT2D eigenvalue weighted by Crippen LogP contribution is 2.35. The summed E-state index contributed by atoms with van der Waals surface area (Å²) in [4.78, 5) is 24.3. The molecule has 136 valence electrons. The van der Waals surface area contributed by atoms with Crippen molar-refractivity contribution in [1.82, 2.24) is 5.32 Å². The van der Waals surface area contributed by atoms with E-state index in [1.165, 1.54) is 5.56 Å². The number of rotatable bonds is 5. The van der Waals surface area contributed by atoms with Gasteiger partial charge in [-0.05, 0) is 55.4 Å². The van der Waals surface area contributed by atoms with E-state index in [9.17, 15) is 14.7 Å². The minimum atomic E-state index is -0.895. The number of aliphatic carboxylic acids is 1. The fourth-order valence-corrected chi connectivity index (χ4v) is 3.92. The number of aryl methyl sites for hydroxylation is 1. The standard InChI is InChI=1S/C19H25NO5/c1-24-14-6-5-13-3-2-4-15(16(13)11-14)18(23)20-19(12-17(21)22)7-9-25-10-8-19/h5-6,11,15H,2-4,7-10,12H2,1H3,(H,20,23)(H,21,22). The maximum atomic E-state index is 13.0. The monoisotopic (exact) mass is 347 g/mol. The van der Waals surface area contributed by atoms with Crippen LogP contribution in [0.3, 0.4) is 0 Å². The third-order valence-corrected chi connectivity index (χ3v) is 5.31. The molecule has 1 fully saturated rings. The van der Waals surface area contributed by atoms with Gasteiger partial charge in [0.05, 0.1) is 25.0 Å². The Morgan fingerprint density at radius 1 is 1.36 bits per heavy atom. The molecule has 1 heterocycles. The summed E-state index contributed by atoms with van der Waals surface area (Å²) in [5, 5.41) is 12.3. The number of carbonyl (C=O) groups is 2. The van der Waals surface area contributed by atoms with Crippen molar-refractivity contribution in [3.05, 3.63) is 29.3 Å². The summed E-state index contributed by atoms with van der Waals surface area (Å²) in [6.45, 7) is 0.950. The van der Waals surface area contributed by atoms with E-state index in [4.69, 9.17) is 9.47 Å². The number of carboxylic acids is 1. The molecule has 2 N–H and O–H groups in total. The summed E-state index contributed by atoms with van der Waals surface area (Å²) in [7, 11) is 1.61. The molecule has 6 nitrogen and oxygen atoms in total. The molecular weight excluding hydrogens is 322 g/mol. The van der Waals surface area contributed by atoms with Crippen LogP contribution >= 0.6 is 0 Å². The first-order valence-electron chi connectivity index (χ1n) is 8.81. The van der Waals surface area contributed by atoms with E-state index in [0.717, 1.165) is 30.6 Å². The molecule has 3 rings (SSSR count). The first kappa shape index (κ1) is 17.7. The number of hydrogen-bond donors (Lipinski definition) is 2. The Morgan fingerprint density at radius 2 is 2.12 bits per heavy atom.